The van der Waals surface area contributed by atoms with E-state index in [4.69, 9.17) is 11.6 Å². The van der Waals surface area contributed by atoms with Crippen LogP contribution in [0.25, 0.3) is 0 Å². The van der Waals surface area contributed by atoms with Gasteiger partial charge in [0.05, 0.1) is 18.7 Å². The highest BCUT2D eigenvalue weighted by atomic mass is 127. The van der Waals surface area contributed by atoms with E-state index < -0.39 is 5.97 Å². The van der Waals surface area contributed by atoms with Crippen molar-refractivity contribution in [2.75, 3.05) is 7.11 Å². The molecule has 1 heterocycles. The molecule has 0 N–H and O–H groups in total. The summed E-state index contributed by atoms with van der Waals surface area (Å²) in [5.41, 5.74) is 0.971. The van der Waals surface area contributed by atoms with Gasteiger partial charge in [0, 0.05) is 3.57 Å². The van der Waals surface area contributed by atoms with Crippen molar-refractivity contribution >= 4 is 40.2 Å². The smallest absolute Gasteiger partial charge is 0.356 e. The third-order valence-corrected chi connectivity index (χ3v) is 2.27. The quantitative estimate of drug-likeness (QED) is 0.477. The highest BCUT2D eigenvalue weighted by Crippen LogP contribution is 2.11. The molecule has 0 radical (unpaired) electrons. The fraction of sp³-hybridized carbons (Fsp3) is 0.250. The van der Waals surface area contributed by atoms with Crippen LogP contribution in [0.2, 0.25) is 0 Å². The summed E-state index contributed by atoms with van der Waals surface area (Å²) in [5.74, 6) is -0.147. The molecule has 70 valence electrons. The number of ether oxygens (including phenoxy) is 1. The number of halogens is 2. The second-order valence-electron chi connectivity index (χ2n) is 2.29. The molecular formula is C8H7ClINO2. The lowest BCUT2D eigenvalue weighted by Crippen LogP contribution is -2.06. The van der Waals surface area contributed by atoms with E-state index in [1.807, 2.05) is 6.07 Å². The molecule has 3 nitrogen and oxygen atoms in total. The molecule has 1 aromatic rings. The second-order valence-corrected chi connectivity index (χ2v) is 3.80. The Morgan fingerprint density at radius 3 is 2.92 bits per heavy atom. The van der Waals surface area contributed by atoms with Crippen molar-refractivity contribution < 1.29 is 9.53 Å². The predicted molar refractivity (Wildman–Crippen MR) is 57.9 cm³/mol. The number of rotatable bonds is 2. The highest BCUT2D eigenvalue weighted by Gasteiger charge is 2.08. The van der Waals surface area contributed by atoms with Crippen LogP contribution in [0, 0.1) is 3.57 Å². The summed E-state index contributed by atoms with van der Waals surface area (Å²) >= 11 is 7.70. The molecule has 0 aromatic carbocycles. The Morgan fingerprint density at radius 2 is 2.38 bits per heavy atom. The molecule has 0 aliphatic rings. The van der Waals surface area contributed by atoms with Crippen LogP contribution in [0.15, 0.2) is 12.1 Å². The number of hydrogen-bond acceptors (Lipinski definition) is 3. The normalized spacial score (nSPS) is 9.77. The molecule has 1 aromatic heterocycles. The van der Waals surface area contributed by atoms with Gasteiger partial charge in [-0.15, -0.1) is 11.6 Å². The van der Waals surface area contributed by atoms with Gasteiger partial charge in [-0.05, 0) is 34.7 Å². The molecular weight excluding hydrogens is 304 g/mol. The van der Waals surface area contributed by atoms with Crippen molar-refractivity contribution in [2.24, 2.45) is 0 Å². The molecule has 0 atom stereocenters. The minimum absolute atomic E-state index is 0.292. The summed E-state index contributed by atoms with van der Waals surface area (Å²) in [6, 6.07) is 3.47. The minimum atomic E-state index is -0.440. The molecule has 0 fully saturated rings. The summed E-state index contributed by atoms with van der Waals surface area (Å²) in [4.78, 5) is 15.1. The van der Waals surface area contributed by atoms with Crippen LogP contribution in [-0.4, -0.2) is 18.1 Å². The monoisotopic (exact) mass is 311 g/mol. The van der Waals surface area contributed by atoms with Gasteiger partial charge in [0.1, 0.15) is 5.69 Å². The van der Waals surface area contributed by atoms with Crippen LogP contribution >= 0.6 is 34.2 Å². The molecule has 0 unspecified atom stereocenters. The summed E-state index contributed by atoms with van der Waals surface area (Å²) in [7, 11) is 1.32. The number of methoxy groups -OCH3 is 1. The Kier molecular flexibility index (Phi) is 3.92. The van der Waals surface area contributed by atoms with Gasteiger partial charge in [0.2, 0.25) is 0 Å². The Labute approximate surface area is 94.6 Å². The number of nitrogens with zero attached hydrogens (tertiary/aromatic N) is 1. The molecule has 0 aliphatic heterocycles. The van der Waals surface area contributed by atoms with E-state index in [9.17, 15) is 4.79 Å². The molecule has 0 spiro atoms. The molecule has 13 heavy (non-hydrogen) atoms. The van der Waals surface area contributed by atoms with Crippen LogP contribution in [0.1, 0.15) is 16.2 Å². The first kappa shape index (κ1) is 10.7. The Bertz CT molecular complexity index is 330. The fourth-order valence-electron chi connectivity index (χ4n) is 0.828. The lowest BCUT2D eigenvalue weighted by molar-refractivity contribution is 0.0593. The van der Waals surface area contributed by atoms with Crippen LogP contribution in [-0.2, 0) is 10.6 Å². The zero-order valence-electron chi connectivity index (χ0n) is 6.88. The second kappa shape index (κ2) is 4.76. The number of aromatic nitrogens is 1. The zero-order chi connectivity index (χ0) is 9.84. The largest absolute Gasteiger partial charge is 0.464 e. The van der Waals surface area contributed by atoms with E-state index in [2.05, 4.69) is 32.3 Å². The predicted octanol–water partition coefficient (Wildman–Crippen LogP) is 2.21. The van der Waals surface area contributed by atoms with Crippen LogP contribution < -0.4 is 0 Å². The lowest BCUT2D eigenvalue weighted by atomic mass is 10.3. The van der Waals surface area contributed by atoms with E-state index in [1.165, 1.54) is 7.11 Å². The molecule has 0 bridgehead atoms. The molecule has 0 amide bonds. The summed E-state index contributed by atoms with van der Waals surface area (Å²) in [6.07, 6.45) is 0. The van der Waals surface area contributed by atoms with E-state index in [0.717, 1.165) is 3.57 Å². The van der Waals surface area contributed by atoms with Gasteiger partial charge in [0.15, 0.2) is 0 Å². The molecule has 0 saturated heterocycles. The highest BCUT2D eigenvalue weighted by molar-refractivity contribution is 14.1. The van der Waals surface area contributed by atoms with Gasteiger partial charge in [-0.1, -0.05) is 0 Å². The van der Waals surface area contributed by atoms with E-state index in [1.54, 1.807) is 6.07 Å². The number of alkyl halides is 1. The first-order valence-corrected chi connectivity index (χ1v) is 5.09. The summed E-state index contributed by atoms with van der Waals surface area (Å²) in [5, 5.41) is 0. The first-order valence-electron chi connectivity index (χ1n) is 3.48. The van der Waals surface area contributed by atoms with Gasteiger partial charge < -0.3 is 4.74 Å². The molecule has 0 saturated carbocycles. The molecule has 0 aliphatic carbocycles. The third-order valence-electron chi connectivity index (χ3n) is 1.37. The minimum Gasteiger partial charge on any atom is -0.464 e. The molecule has 1 rings (SSSR count). The topological polar surface area (TPSA) is 39.2 Å². The standard InChI is InChI=1S/C8H7ClINO2/c1-13-8(12)7-3-5(10)2-6(4-9)11-7/h2-3H,4H2,1H3. The average Bonchev–Trinajstić information content (AvgIpc) is 2.15. The van der Waals surface area contributed by atoms with E-state index >= 15 is 0 Å². The Hall–Kier alpha value is -0.360. The van der Waals surface area contributed by atoms with Gasteiger partial charge in [-0.3, -0.25) is 0 Å². The SMILES string of the molecule is COC(=O)c1cc(I)cc(CCl)n1. The fourth-order valence-corrected chi connectivity index (χ4v) is 1.62. The van der Waals surface area contributed by atoms with E-state index in [-0.39, 0.29) is 0 Å². The summed E-state index contributed by atoms with van der Waals surface area (Å²) in [6.45, 7) is 0. The van der Waals surface area contributed by atoms with Crippen molar-refractivity contribution in [1.29, 1.82) is 0 Å². The first-order chi connectivity index (χ1) is 6.17. The maximum Gasteiger partial charge on any atom is 0.356 e. The zero-order valence-corrected chi connectivity index (χ0v) is 9.79. The van der Waals surface area contributed by atoms with Gasteiger partial charge >= 0.3 is 5.97 Å². The maximum atomic E-state index is 11.1. The number of esters is 1. The van der Waals surface area contributed by atoms with Crippen LogP contribution in [0.3, 0.4) is 0 Å². The van der Waals surface area contributed by atoms with Gasteiger partial charge in [0.25, 0.3) is 0 Å². The molecule has 5 heteroatoms. The van der Waals surface area contributed by atoms with Crippen molar-refractivity contribution in [2.45, 2.75) is 5.88 Å². The van der Waals surface area contributed by atoms with Crippen molar-refractivity contribution in [1.82, 2.24) is 4.98 Å². The number of pyridine rings is 1. The van der Waals surface area contributed by atoms with E-state index in [0.29, 0.717) is 17.3 Å². The van der Waals surface area contributed by atoms with Gasteiger partial charge in [-0.25, -0.2) is 9.78 Å². The number of carbonyl (C=O) groups is 1. The Morgan fingerprint density at radius 1 is 1.69 bits per heavy atom. The maximum absolute atomic E-state index is 11.1. The van der Waals surface area contributed by atoms with Crippen LogP contribution in [0.5, 0.6) is 0 Å². The third kappa shape index (κ3) is 2.80. The van der Waals surface area contributed by atoms with Gasteiger partial charge in [-0.2, -0.15) is 0 Å². The average molecular weight is 312 g/mol. The van der Waals surface area contributed by atoms with Crippen molar-refractivity contribution in [3.8, 4) is 0 Å². The summed E-state index contributed by atoms with van der Waals surface area (Å²) < 4.78 is 5.46. The number of carbonyl (C=O) groups excluding carboxylic acids is 1. The van der Waals surface area contributed by atoms with Crippen LogP contribution in [0.4, 0.5) is 0 Å². The van der Waals surface area contributed by atoms with Crippen molar-refractivity contribution in [3.63, 3.8) is 0 Å². The Balaban J connectivity index is 3.08. The lowest BCUT2D eigenvalue weighted by Gasteiger charge is -2.01. The van der Waals surface area contributed by atoms with Crippen molar-refractivity contribution in [3.05, 3.63) is 27.1 Å². The number of hydrogen-bond donors (Lipinski definition) is 0.